The number of fused-ring (bicyclic) bond motifs is 3. The molecule has 0 saturated heterocycles. The van der Waals surface area contributed by atoms with Crippen molar-refractivity contribution in [2.45, 2.75) is 0 Å². The van der Waals surface area contributed by atoms with Crippen LogP contribution in [0.2, 0.25) is 0 Å². The molecule has 0 spiro atoms. The van der Waals surface area contributed by atoms with E-state index in [0.717, 1.165) is 0 Å². The fourth-order valence-corrected chi connectivity index (χ4v) is 1.80. The molecule has 3 rings (SSSR count). The molecule has 1 heterocycles. The molecule has 3 N–H and O–H groups in total. The first-order valence-corrected chi connectivity index (χ1v) is 5.46. The third-order valence-corrected chi connectivity index (χ3v) is 2.41. The van der Waals surface area contributed by atoms with Gasteiger partial charge in [0.15, 0.2) is 0 Å². The second-order valence-corrected chi connectivity index (χ2v) is 3.89. The van der Waals surface area contributed by atoms with Gasteiger partial charge in [0.05, 0.1) is 0 Å². The van der Waals surface area contributed by atoms with Gasteiger partial charge in [0.1, 0.15) is 0 Å². The summed E-state index contributed by atoms with van der Waals surface area (Å²) in [6.07, 6.45) is 0. The highest BCUT2D eigenvalue weighted by molar-refractivity contribution is 6.62. The van der Waals surface area contributed by atoms with E-state index in [1.807, 2.05) is 0 Å². The Bertz CT molecular complexity index is 606. The molecule has 86 valence electrons. The molecule has 0 aliphatic heterocycles. The summed E-state index contributed by atoms with van der Waals surface area (Å²) in [7, 11) is 0. The second kappa shape index (κ2) is 4.89. The largest absolute Gasteiger partial charge is 0.356 e. The Hall–Kier alpha value is -2.00. The summed E-state index contributed by atoms with van der Waals surface area (Å²) in [5.74, 6) is 0. The van der Waals surface area contributed by atoms with Gasteiger partial charge in [0.2, 0.25) is 0 Å². The minimum atomic E-state index is -0.861. The van der Waals surface area contributed by atoms with Crippen LogP contribution in [0.1, 0.15) is 0 Å². The normalized spacial score (nSPS) is 9.94. The van der Waals surface area contributed by atoms with E-state index in [2.05, 4.69) is 70.8 Å². The average molecular weight is 247 g/mol. The van der Waals surface area contributed by atoms with Crippen molar-refractivity contribution in [2.75, 3.05) is 0 Å². The zero-order chi connectivity index (χ0) is 12.3. The minimum Gasteiger partial charge on any atom is -0.356 e. The van der Waals surface area contributed by atoms with Gasteiger partial charge in [-0.1, -0.05) is 36.4 Å². The predicted octanol–water partition coefficient (Wildman–Crippen LogP) is 3.63. The van der Waals surface area contributed by atoms with Gasteiger partial charge in [-0.15, -0.1) is 0 Å². The molecule has 0 unspecified atom stereocenters. The number of primary amides is 1. The van der Waals surface area contributed by atoms with Crippen LogP contribution >= 0.6 is 11.6 Å². The number of hydrogen-bond donors (Lipinski definition) is 2. The van der Waals surface area contributed by atoms with Gasteiger partial charge in [-0.25, -0.2) is 0 Å². The van der Waals surface area contributed by atoms with Gasteiger partial charge < -0.3 is 10.7 Å². The van der Waals surface area contributed by atoms with Crippen molar-refractivity contribution in [1.29, 1.82) is 0 Å². The van der Waals surface area contributed by atoms with Crippen LogP contribution in [0.3, 0.4) is 0 Å². The summed E-state index contributed by atoms with van der Waals surface area (Å²) in [5, 5.41) is 1.75. The maximum Gasteiger partial charge on any atom is 0.311 e. The molecule has 2 aromatic carbocycles. The number of hydrogen-bond acceptors (Lipinski definition) is 1. The van der Waals surface area contributed by atoms with Crippen LogP contribution in [-0.4, -0.2) is 10.4 Å². The molecule has 1 aromatic heterocycles. The molecule has 0 saturated carbocycles. The molecule has 1 amide bonds. The van der Waals surface area contributed by atoms with Gasteiger partial charge >= 0.3 is 5.37 Å². The SMILES string of the molecule is NC(=O)Cl.c1ccc2c(c1)[nH]c1ccccc12. The Morgan fingerprint density at radius 1 is 0.941 bits per heavy atom. The summed E-state index contributed by atoms with van der Waals surface area (Å²) in [5.41, 5.74) is 6.66. The van der Waals surface area contributed by atoms with Gasteiger partial charge in [-0.2, -0.15) is 0 Å². The number of aromatic nitrogens is 1. The number of para-hydroxylation sites is 2. The number of carbonyl (C=O) groups is 1. The molecule has 0 bridgehead atoms. The highest BCUT2D eigenvalue weighted by Crippen LogP contribution is 2.24. The third-order valence-electron chi connectivity index (χ3n) is 2.41. The Balaban J connectivity index is 0.000000239. The van der Waals surface area contributed by atoms with Crippen LogP contribution in [0.25, 0.3) is 21.8 Å². The van der Waals surface area contributed by atoms with Crippen LogP contribution in [0.4, 0.5) is 4.79 Å². The Morgan fingerprint density at radius 2 is 1.29 bits per heavy atom. The van der Waals surface area contributed by atoms with E-state index >= 15 is 0 Å². The number of amides is 1. The van der Waals surface area contributed by atoms with Crippen LogP contribution in [0, 0.1) is 0 Å². The lowest BCUT2D eigenvalue weighted by atomic mass is 10.2. The maximum atomic E-state index is 8.99. The lowest BCUT2D eigenvalue weighted by molar-refractivity contribution is 0.266. The number of H-pyrrole nitrogens is 1. The maximum absolute atomic E-state index is 8.99. The molecule has 0 atom stereocenters. The highest BCUT2D eigenvalue weighted by atomic mass is 35.5. The first-order valence-electron chi connectivity index (χ1n) is 5.09. The summed E-state index contributed by atoms with van der Waals surface area (Å²) in [6, 6.07) is 16.8. The topological polar surface area (TPSA) is 58.9 Å². The van der Waals surface area contributed by atoms with E-state index in [0.29, 0.717) is 0 Å². The monoisotopic (exact) mass is 246 g/mol. The quantitative estimate of drug-likeness (QED) is 0.462. The molecular formula is C13H11ClN2O. The molecule has 0 fully saturated rings. The smallest absolute Gasteiger partial charge is 0.311 e. The van der Waals surface area contributed by atoms with Crippen LogP contribution in [-0.2, 0) is 0 Å². The first-order chi connectivity index (χ1) is 8.18. The van der Waals surface area contributed by atoms with Crippen molar-refractivity contribution in [3.8, 4) is 0 Å². The molecule has 0 radical (unpaired) electrons. The number of rotatable bonds is 0. The second-order valence-electron chi connectivity index (χ2n) is 3.52. The molecular weight excluding hydrogens is 236 g/mol. The summed E-state index contributed by atoms with van der Waals surface area (Å²) in [6.45, 7) is 0. The van der Waals surface area contributed by atoms with Gasteiger partial charge in [-0.3, -0.25) is 4.79 Å². The van der Waals surface area contributed by atoms with Crippen molar-refractivity contribution in [1.82, 2.24) is 4.98 Å². The number of aromatic amines is 1. The number of carbonyl (C=O) groups excluding carboxylic acids is 1. The lowest BCUT2D eigenvalue weighted by Gasteiger charge is -1.87. The molecule has 3 nitrogen and oxygen atoms in total. The minimum absolute atomic E-state index is 0.861. The summed E-state index contributed by atoms with van der Waals surface area (Å²) >= 11 is 4.41. The number of benzene rings is 2. The van der Waals surface area contributed by atoms with Crippen molar-refractivity contribution < 1.29 is 4.79 Å². The lowest BCUT2D eigenvalue weighted by Crippen LogP contribution is -1.94. The van der Waals surface area contributed by atoms with Crippen LogP contribution in [0.15, 0.2) is 48.5 Å². The summed E-state index contributed by atoms with van der Waals surface area (Å²) < 4.78 is 0. The van der Waals surface area contributed by atoms with Crippen molar-refractivity contribution in [3.05, 3.63) is 48.5 Å². The molecule has 0 aliphatic carbocycles. The van der Waals surface area contributed by atoms with Crippen molar-refractivity contribution in [2.24, 2.45) is 5.73 Å². The molecule has 3 aromatic rings. The van der Waals surface area contributed by atoms with Gasteiger partial charge in [-0.05, 0) is 23.7 Å². The fourth-order valence-electron chi connectivity index (χ4n) is 1.80. The van der Waals surface area contributed by atoms with E-state index in [9.17, 15) is 0 Å². The summed E-state index contributed by atoms with van der Waals surface area (Å²) in [4.78, 5) is 12.4. The number of nitrogens with two attached hydrogens (primary N) is 1. The van der Waals surface area contributed by atoms with E-state index in [1.165, 1.54) is 21.8 Å². The fraction of sp³-hybridized carbons (Fsp3) is 0. The van der Waals surface area contributed by atoms with Crippen molar-refractivity contribution in [3.63, 3.8) is 0 Å². The van der Waals surface area contributed by atoms with Gasteiger partial charge in [0, 0.05) is 21.8 Å². The number of halogens is 1. The van der Waals surface area contributed by atoms with Crippen LogP contribution < -0.4 is 5.73 Å². The first kappa shape index (κ1) is 11.5. The van der Waals surface area contributed by atoms with E-state index in [4.69, 9.17) is 4.79 Å². The highest BCUT2D eigenvalue weighted by Gasteiger charge is 2.00. The van der Waals surface area contributed by atoms with Gasteiger partial charge in [0.25, 0.3) is 0 Å². The van der Waals surface area contributed by atoms with E-state index in [1.54, 1.807) is 0 Å². The molecule has 17 heavy (non-hydrogen) atoms. The Kier molecular flexibility index (Phi) is 3.30. The number of nitrogens with one attached hydrogen (secondary N) is 1. The van der Waals surface area contributed by atoms with E-state index < -0.39 is 5.37 Å². The zero-order valence-electron chi connectivity index (χ0n) is 8.98. The molecule has 0 aliphatic rings. The zero-order valence-corrected chi connectivity index (χ0v) is 9.74. The third kappa shape index (κ3) is 2.57. The Morgan fingerprint density at radius 3 is 1.71 bits per heavy atom. The predicted molar refractivity (Wildman–Crippen MR) is 71.2 cm³/mol. The Labute approximate surface area is 103 Å². The van der Waals surface area contributed by atoms with E-state index in [-0.39, 0.29) is 0 Å². The van der Waals surface area contributed by atoms with Crippen molar-refractivity contribution >= 4 is 38.8 Å². The standard InChI is InChI=1S/C12H9N.CH2ClNO/c1-3-7-11-9(5-1)10-6-2-4-8-12(10)13-11;2-1(3)4/h1-8,13H;(H2,3,4). The average Bonchev–Trinajstić information content (AvgIpc) is 2.66. The molecule has 4 heteroatoms. The van der Waals surface area contributed by atoms with Crippen LogP contribution in [0.5, 0.6) is 0 Å².